The lowest BCUT2D eigenvalue weighted by atomic mass is 9.86. The molecule has 1 saturated carbocycles. The minimum absolute atomic E-state index is 0.0315. The van der Waals surface area contributed by atoms with E-state index in [9.17, 15) is 18.0 Å². The Morgan fingerprint density at radius 2 is 1.88 bits per heavy atom. The van der Waals surface area contributed by atoms with Crippen LogP contribution in [-0.2, 0) is 28.3 Å². The van der Waals surface area contributed by atoms with Crippen molar-refractivity contribution in [1.29, 1.82) is 0 Å². The molecule has 3 atom stereocenters. The van der Waals surface area contributed by atoms with Crippen LogP contribution in [0, 0.1) is 5.92 Å². The molecule has 176 valence electrons. The maximum atomic E-state index is 13.2. The topological polar surface area (TPSA) is 110 Å². The van der Waals surface area contributed by atoms with Gasteiger partial charge < -0.3 is 9.73 Å². The molecule has 3 aromatic rings. The lowest BCUT2D eigenvalue weighted by Gasteiger charge is -2.31. The Morgan fingerprint density at radius 3 is 2.61 bits per heavy atom. The van der Waals surface area contributed by atoms with Gasteiger partial charge in [0.25, 0.3) is 0 Å². The summed E-state index contributed by atoms with van der Waals surface area (Å²) < 4.78 is 35.4. The third-order valence-electron chi connectivity index (χ3n) is 6.41. The second kappa shape index (κ2) is 9.52. The number of hydrogen-bond acceptors (Lipinski definition) is 5. The Hall–Kier alpha value is -2.91. The van der Waals surface area contributed by atoms with Gasteiger partial charge in [0.15, 0.2) is 5.58 Å². The molecule has 33 heavy (non-hydrogen) atoms. The second-order valence-electron chi connectivity index (χ2n) is 8.80. The predicted molar refractivity (Wildman–Crippen MR) is 125 cm³/mol. The summed E-state index contributed by atoms with van der Waals surface area (Å²) in [5, 5.41) is 3.07. The predicted octanol–water partition coefficient (Wildman–Crippen LogP) is 2.72. The fourth-order valence-electron chi connectivity index (χ4n) is 4.39. The van der Waals surface area contributed by atoms with E-state index in [1.54, 1.807) is 7.05 Å². The minimum atomic E-state index is -4.06. The molecule has 1 aromatic heterocycles. The summed E-state index contributed by atoms with van der Waals surface area (Å²) >= 11 is 0. The van der Waals surface area contributed by atoms with Crippen molar-refractivity contribution in [1.82, 2.24) is 14.6 Å². The normalized spacial score (nSPS) is 19.9. The number of aryl methyl sites for hydroxylation is 1. The zero-order valence-corrected chi connectivity index (χ0v) is 19.6. The van der Waals surface area contributed by atoms with Crippen molar-refractivity contribution in [3.8, 4) is 0 Å². The van der Waals surface area contributed by atoms with Crippen LogP contribution in [-0.4, -0.2) is 31.0 Å². The molecule has 1 aliphatic carbocycles. The summed E-state index contributed by atoms with van der Waals surface area (Å²) in [5.74, 6) is -0.566. The van der Waals surface area contributed by atoms with Crippen LogP contribution in [0.5, 0.6) is 0 Å². The quantitative estimate of drug-likeness (QED) is 0.551. The molecule has 2 N–H and O–H groups in total. The van der Waals surface area contributed by atoms with Crippen LogP contribution < -0.4 is 15.8 Å². The van der Waals surface area contributed by atoms with Crippen molar-refractivity contribution in [3.63, 3.8) is 0 Å². The first-order chi connectivity index (χ1) is 15.7. The van der Waals surface area contributed by atoms with E-state index in [1.807, 2.05) is 30.3 Å². The third-order valence-corrected chi connectivity index (χ3v) is 7.88. The highest BCUT2D eigenvalue weighted by molar-refractivity contribution is 7.89. The Bertz CT molecular complexity index is 1300. The average molecular weight is 472 g/mol. The number of hydrogen-bond donors (Lipinski definition) is 2. The Balaban J connectivity index is 1.60. The Labute approximate surface area is 193 Å². The number of aromatic nitrogens is 1. The van der Waals surface area contributed by atoms with Gasteiger partial charge in [0.2, 0.25) is 15.9 Å². The second-order valence-corrected chi connectivity index (χ2v) is 10.5. The van der Waals surface area contributed by atoms with Crippen LogP contribution in [0.4, 0.5) is 0 Å². The SMILES string of the molecule is C[C@@H]1CCCC[C@H]1NC(=O)[C@@H](Cc1ccccc1)NS(=O)(=O)c1ccc2c(c1)oc(=O)n2C. The molecular weight excluding hydrogens is 442 g/mol. The largest absolute Gasteiger partial charge is 0.419 e. The van der Waals surface area contributed by atoms with Crippen LogP contribution in [0.15, 0.2) is 62.6 Å². The van der Waals surface area contributed by atoms with Gasteiger partial charge in [-0.3, -0.25) is 9.36 Å². The van der Waals surface area contributed by atoms with Gasteiger partial charge in [0.1, 0.15) is 6.04 Å². The minimum Gasteiger partial charge on any atom is -0.408 e. The molecule has 1 heterocycles. The van der Waals surface area contributed by atoms with Crippen molar-refractivity contribution in [2.75, 3.05) is 0 Å². The van der Waals surface area contributed by atoms with E-state index >= 15 is 0 Å². The van der Waals surface area contributed by atoms with Gasteiger partial charge in [-0.05, 0) is 42.9 Å². The number of amides is 1. The summed E-state index contributed by atoms with van der Waals surface area (Å²) in [6, 6.07) is 12.6. The van der Waals surface area contributed by atoms with E-state index in [4.69, 9.17) is 4.42 Å². The van der Waals surface area contributed by atoms with Gasteiger partial charge >= 0.3 is 5.76 Å². The highest BCUT2D eigenvalue weighted by Gasteiger charge is 2.30. The van der Waals surface area contributed by atoms with Crippen LogP contribution in [0.25, 0.3) is 11.1 Å². The maximum absolute atomic E-state index is 13.2. The van der Waals surface area contributed by atoms with E-state index < -0.39 is 21.8 Å². The molecule has 1 amide bonds. The first kappa shape index (κ1) is 23.3. The number of sulfonamides is 1. The highest BCUT2D eigenvalue weighted by atomic mass is 32.2. The van der Waals surface area contributed by atoms with Gasteiger partial charge in [-0.2, -0.15) is 4.72 Å². The lowest BCUT2D eigenvalue weighted by molar-refractivity contribution is -0.124. The molecule has 0 unspecified atom stereocenters. The van der Waals surface area contributed by atoms with Gasteiger partial charge in [-0.15, -0.1) is 0 Å². The molecule has 0 bridgehead atoms. The Morgan fingerprint density at radius 1 is 1.15 bits per heavy atom. The molecule has 8 nitrogen and oxygen atoms in total. The van der Waals surface area contributed by atoms with Crippen LogP contribution in [0.2, 0.25) is 0 Å². The van der Waals surface area contributed by atoms with E-state index in [-0.39, 0.29) is 28.8 Å². The number of carbonyl (C=O) groups is 1. The smallest absolute Gasteiger partial charge is 0.408 e. The van der Waals surface area contributed by atoms with Crippen molar-refractivity contribution in [2.45, 2.75) is 56.0 Å². The van der Waals surface area contributed by atoms with E-state index in [0.717, 1.165) is 31.2 Å². The molecule has 2 aromatic carbocycles. The molecule has 0 spiro atoms. The molecule has 0 aliphatic heterocycles. The molecule has 4 rings (SSSR count). The van der Waals surface area contributed by atoms with E-state index in [1.165, 1.54) is 22.8 Å². The number of carbonyl (C=O) groups excluding carboxylic acids is 1. The van der Waals surface area contributed by atoms with Crippen molar-refractivity contribution in [2.24, 2.45) is 13.0 Å². The maximum Gasteiger partial charge on any atom is 0.419 e. The number of rotatable bonds is 7. The summed E-state index contributed by atoms with van der Waals surface area (Å²) in [7, 11) is -2.51. The van der Waals surface area contributed by atoms with Crippen molar-refractivity contribution < 1.29 is 17.6 Å². The summed E-state index contributed by atoms with van der Waals surface area (Å²) in [4.78, 5) is 24.9. The van der Waals surface area contributed by atoms with Crippen molar-refractivity contribution in [3.05, 3.63) is 64.6 Å². The Kier molecular flexibility index (Phi) is 6.71. The fraction of sp³-hybridized carbons (Fsp3) is 0.417. The standard InChI is InChI=1S/C24H29N3O5S/c1-16-8-6-7-11-19(16)25-23(28)20(14-17-9-4-3-5-10-17)26-33(30,31)18-12-13-21-22(15-18)32-24(29)27(21)2/h3-5,9-10,12-13,15-16,19-20,26H,6-8,11,14H2,1-2H3,(H,25,28)/t16-,19-,20-/m1/s1. The summed E-state index contributed by atoms with van der Waals surface area (Å²) in [5.41, 5.74) is 1.51. The number of benzene rings is 2. The van der Waals surface area contributed by atoms with Crippen LogP contribution in [0.3, 0.4) is 0 Å². The number of nitrogens with one attached hydrogen (secondary N) is 2. The van der Waals surface area contributed by atoms with E-state index in [0.29, 0.717) is 11.4 Å². The highest BCUT2D eigenvalue weighted by Crippen LogP contribution is 2.24. The molecule has 9 heteroatoms. The summed E-state index contributed by atoms with van der Waals surface area (Å²) in [6.07, 6.45) is 4.35. The molecule has 1 aliphatic rings. The van der Waals surface area contributed by atoms with E-state index in [2.05, 4.69) is 17.0 Å². The van der Waals surface area contributed by atoms with Gasteiger partial charge in [-0.25, -0.2) is 13.2 Å². The zero-order valence-electron chi connectivity index (χ0n) is 18.8. The van der Waals surface area contributed by atoms with Gasteiger partial charge in [0, 0.05) is 19.2 Å². The van der Waals surface area contributed by atoms with Crippen LogP contribution in [0.1, 0.15) is 38.2 Å². The number of fused-ring (bicyclic) bond motifs is 1. The van der Waals surface area contributed by atoms with Gasteiger partial charge in [-0.1, -0.05) is 50.1 Å². The van der Waals surface area contributed by atoms with Crippen LogP contribution >= 0.6 is 0 Å². The molecule has 0 radical (unpaired) electrons. The first-order valence-corrected chi connectivity index (χ1v) is 12.7. The molecule has 1 fully saturated rings. The molecule has 0 saturated heterocycles. The first-order valence-electron chi connectivity index (χ1n) is 11.2. The number of oxazole rings is 1. The zero-order chi connectivity index (χ0) is 23.6. The molecular formula is C24H29N3O5S. The average Bonchev–Trinajstić information content (AvgIpc) is 3.08. The number of nitrogens with zero attached hydrogens (tertiary/aromatic N) is 1. The monoisotopic (exact) mass is 471 g/mol. The summed E-state index contributed by atoms with van der Waals surface area (Å²) in [6.45, 7) is 2.11. The van der Waals surface area contributed by atoms with Gasteiger partial charge in [0.05, 0.1) is 10.4 Å². The fourth-order valence-corrected chi connectivity index (χ4v) is 5.60. The third kappa shape index (κ3) is 5.20. The lowest BCUT2D eigenvalue weighted by Crippen LogP contribution is -2.52. The van der Waals surface area contributed by atoms with Crippen molar-refractivity contribution >= 4 is 27.0 Å².